The van der Waals surface area contributed by atoms with Crippen LogP contribution in [0.25, 0.3) is 22.0 Å². The Bertz CT molecular complexity index is 1810. The number of rotatable bonds is 9. The van der Waals surface area contributed by atoms with E-state index in [-0.39, 0.29) is 28.8 Å². The highest BCUT2D eigenvalue weighted by Crippen LogP contribution is 2.70. The van der Waals surface area contributed by atoms with Gasteiger partial charge in [-0.2, -0.15) is 3.82 Å². The predicted octanol–water partition coefficient (Wildman–Crippen LogP) is 6.19. The molecular weight excluding hydrogens is 591 g/mol. The van der Waals surface area contributed by atoms with E-state index >= 15 is 4.39 Å². The van der Waals surface area contributed by atoms with Crippen molar-refractivity contribution in [3.63, 3.8) is 0 Å². The lowest BCUT2D eigenvalue weighted by Crippen LogP contribution is -2.38. The highest BCUT2D eigenvalue weighted by Gasteiger charge is 2.63. The van der Waals surface area contributed by atoms with E-state index < -0.39 is 15.8 Å². The molecule has 1 saturated heterocycles. The van der Waals surface area contributed by atoms with Gasteiger partial charge in [0.05, 0.1) is 17.0 Å². The van der Waals surface area contributed by atoms with Crippen LogP contribution in [0, 0.1) is 24.1 Å². The van der Waals surface area contributed by atoms with Crippen LogP contribution in [-0.2, 0) is 10.0 Å². The van der Waals surface area contributed by atoms with Crippen LogP contribution >= 0.6 is 11.8 Å². The second kappa shape index (κ2) is 10.9. The molecule has 2 aromatic carbocycles. The first-order chi connectivity index (χ1) is 20.7. The molecule has 0 amide bonds. The standard InChI is InChI=1S/C31H32ClFN6O3S/c1-19-6-7-22-23(8-9-25(33)27(22)39(32)43(40,41)18-20-16-31(20)11-12-31)28(19)42-29-24(5-3-14-35-29)26-10-15-36-30(38-26)37-21-4-2-13-34-17-21/h3,5-10,14-15,20-21,34H,2,4,11-13,16-18H2,1H3,(H,36,37,38)/t20-,21-/m0/s1. The van der Waals surface area contributed by atoms with Gasteiger partial charge < -0.3 is 15.4 Å². The summed E-state index contributed by atoms with van der Waals surface area (Å²) >= 11 is 6.44. The van der Waals surface area contributed by atoms with Crippen molar-refractivity contribution in [2.75, 3.05) is 28.0 Å². The van der Waals surface area contributed by atoms with E-state index in [4.69, 9.17) is 21.5 Å². The van der Waals surface area contributed by atoms with E-state index in [0.717, 1.165) is 50.8 Å². The average Bonchev–Trinajstić information content (AvgIpc) is 3.93. The minimum atomic E-state index is -3.95. The van der Waals surface area contributed by atoms with Gasteiger partial charge in [-0.25, -0.2) is 27.8 Å². The summed E-state index contributed by atoms with van der Waals surface area (Å²) in [5, 5.41) is 7.61. The zero-order valence-corrected chi connectivity index (χ0v) is 25.3. The summed E-state index contributed by atoms with van der Waals surface area (Å²) in [6.07, 6.45) is 8.43. The van der Waals surface area contributed by atoms with Crippen LogP contribution in [0.2, 0.25) is 0 Å². The summed E-state index contributed by atoms with van der Waals surface area (Å²) in [4.78, 5) is 13.6. The second-order valence-corrected chi connectivity index (χ2v) is 14.3. The largest absolute Gasteiger partial charge is 0.437 e. The zero-order valence-electron chi connectivity index (χ0n) is 23.7. The zero-order chi connectivity index (χ0) is 29.8. The molecule has 3 fully saturated rings. The molecule has 12 heteroatoms. The van der Waals surface area contributed by atoms with Crippen molar-refractivity contribution in [3.05, 3.63) is 66.2 Å². The molecule has 2 saturated carbocycles. The maximum absolute atomic E-state index is 15.3. The highest BCUT2D eigenvalue weighted by atomic mass is 35.5. The second-order valence-electron chi connectivity index (χ2n) is 11.9. The summed E-state index contributed by atoms with van der Waals surface area (Å²) in [6, 6.07) is 11.9. The fraction of sp³-hybridized carbons (Fsp3) is 0.387. The number of pyridine rings is 1. The van der Waals surface area contributed by atoms with Gasteiger partial charge in [0.1, 0.15) is 17.3 Å². The van der Waals surface area contributed by atoms with Gasteiger partial charge in [0.25, 0.3) is 0 Å². The Morgan fingerprint density at radius 2 is 1.98 bits per heavy atom. The van der Waals surface area contributed by atoms with Crippen molar-refractivity contribution >= 4 is 44.2 Å². The molecule has 2 N–H and O–H groups in total. The predicted molar refractivity (Wildman–Crippen MR) is 165 cm³/mol. The van der Waals surface area contributed by atoms with Gasteiger partial charge in [-0.1, -0.05) is 12.1 Å². The molecule has 9 nitrogen and oxygen atoms in total. The number of hydrogen-bond acceptors (Lipinski definition) is 8. The number of aryl methyl sites for hydroxylation is 1. The van der Waals surface area contributed by atoms with Crippen molar-refractivity contribution < 1.29 is 17.5 Å². The Kier molecular flexibility index (Phi) is 7.14. The molecule has 2 aliphatic carbocycles. The minimum absolute atomic E-state index is 0.0809. The fourth-order valence-electron chi connectivity index (χ4n) is 6.16. The number of aromatic nitrogens is 3. The molecule has 3 aliphatic rings. The number of hydrogen-bond donors (Lipinski definition) is 2. The Hall–Kier alpha value is -3.54. The molecule has 224 valence electrons. The van der Waals surface area contributed by atoms with Crippen LogP contribution in [0.15, 0.2) is 54.9 Å². The van der Waals surface area contributed by atoms with E-state index in [1.807, 2.05) is 13.0 Å². The van der Waals surface area contributed by atoms with Gasteiger partial charge in [-0.05, 0) is 92.8 Å². The van der Waals surface area contributed by atoms with Crippen LogP contribution in [0.5, 0.6) is 11.6 Å². The van der Waals surface area contributed by atoms with Crippen LogP contribution in [-0.4, -0.2) is 48.3 Å². The Morgan fingerprint density at radius 1 is 1.14 bits per heavy atom. The summed E-state index contributed by atoms with van der Waals surface area (Å²) in [5.74, 6) is 0.492. The van der Waals surface area contributed by atoms with Gasteiger partial charge in [0.15, 0.2) is 0 Å². The number of benzene rings is 2. The third-order valence-corrected chi connectivity index (χ3v) is 11.2. The first-order valence-corrected chi connectivity index (χ1v) is 16.5. The summed E-state index contributed by atoms with van der Waals surface area (Å²) in [6.45, 7) is 3.72. The van der Waals surface area contributed by atoms with Crippen molar-refractivity contribution in [1.82, 2.24) is 20.3 Å². The molecule has 0 bridgehead atoms. The summed E-state index contributed by atoms with van der Waals surface area (Å²) < 4.78 is 48.8. The van der Waals surface area contributed by atoms with Crippen LogP contribution in [0.1, 0.15) is 37.7 Å². The van der Waals surface area contributed by atoms with Crippen LogP contribution in [0.3, 0.4) is 0 Å². The van der Waals surface area contributed by atoms with Crippen molar-refractivity contribution in [1.29, 1.82) is 0 Å². The van der Waals surface area contributed by atoms with Gasteiger partial charge in [-0.3, -0.25) is 0 Å². The molecule has 1 spiro atoms. The lowest BCUT2D eigenvalue weighted by Gasteiger charge is -2.23. The number of fused-ring (bicyclic) bond motifs is 1. The van der Waals surface area contributed by atoms with E-state index in [2.05, 4.69) is 20.6 Å². The number of sulfonamides is 1. The third-order valence-electron chi connectivity index (χ3n) is 8.89. The maximum Gasteiger partial charge on any atom is 0.249 e. The van der Waals surface area contributed by atoms with Crippen molar-refractivity contribution in [2.45, 2.75) is 45.1 Å². The first-order valence-electron chi connectivity index (χ1n) is 14.6. The molecule has 0 radical (unpaired) electrons. The van der Waals surface area contributed by atoms with Crippen molar-refractivity contribution in [3.8, 4) is 22.9 Å². The topological polar surface area (TPSA) is 109 Å². The lowest BCUT2D eigenvalue weighted by molar-refractivity contribution is 0.466. The average molecular weight is 623 g/mol. The van der Waals surface area contributed by atoms with Crippen LogP contribution in [0.4, 0.5) is 16.0 Å². The third kappa shape index (κ3) is 5.49. The van der Waals surface area contributed by atoms with Gasteiger partial charge in [0, 0.05) is 47.5 Å². The molecule has 43 heavy (non-hydrogen) atoms. The Morgan fingerprint density at radius 3 is 2.74 bits per heavy atom. The normalized spacial score (nSPS) is 20.6. The molecule has 4 aromatic rings. The molecule has 1 aliphatic heterocycles. The van der Waals surface area contributed by atoms with Gasteiger partial charge >= 0.3 is 0 Å². The molecular formula is C31H32ClFN6O3S. The quantitative estimate of drug-likeness (QED) is 0.213. The van der Waals surface area contributed by atoms with Crippen LogP contribution < -0.4 is 19.2 Å². The van der Waals surface area contributed by atoms with Crippen molar-refractivity contribution in [2.24, 2.45) is 11.3 Å². The Balaban J connectivity index is 1.22. The number of nitrogens with one attached hydrogen (secondary N) is 2. The molecule has 7 rings (SSSR count). The Labute approximate surface area is 255 Å². The minimum Gasteiger partial charge on any atom is -0.437 e. The monoisotopic (exact) mass is 622 g/mol. The SMILES string of the molecule is Cc1ccc2c(N(Cl)S(=O)(=O)C[C@@H]3CC34CC4)c(F)ccc2c1Oc1ncccc1-c1ccnc(N[C@H]2CCCNC2)n1. The number of anilines is 2. The summed E-state index contributed by atoms with van der Waals surface area (Å²) in [7, 11) is -3.95. The number of ether oxygens (including phenoxy) is 1. The smallest absolute Gasteiger partial charge is 0.249 e. The van der Waals surface area contributed by atoms with E-state index in [0.29, 0.717) is 43.4 Å². The van der Waals surface area contributed by atoms with E-state index in [1.165, 1.54) is 6.07 Å². The molecule has 0 unspecified atom stereocenters. The molecule has 2 atom stereocenters. The molecule has 2 aromatic heterocycles. The number of nitrogens with zero attached hydrogens (tertiary/aromatic N) is 4. The lowest BCUT2D eigenvalue weighted by atomic mass is 10.0. The maximum atomic E-state index is 15.3. The molecule has 3 heterocycles. The van der Waals surface area contributed by atoms with Gasteiger partial charge in [-0.15, -0.1) is 0 Å². The summed E-state index contributed by atoms with van der Waals surface area (Å²) in [5.41, 5.74) is 2.00. The fourth-order valence-corrected chi connectivity index (χ4v) is 8.07. The van der Waals surface area contributed by atoms with E-state index in [1.54, 1.807) is 42.7 Å². The highest BCUT2D eigenvalue weighted by molar-refractivity contribution is 7.94. The van der Waals surface area contributed by atoms with E-state index in [9.17, 15) is 8.42 Å². The van der Waals surface area contributed by atoms with Gasteiger partial charge in [0.2, 0.25) is 21.9 Å². The number of piperidine rings is 1. The number of halogens is 2. The first kappa shape index (κ1) is 28.2.